The van der Waals surface area contributed by atoms with Crippen molar-refractivity contribution in [1.82, 2.24) is 24.5 Å². The number of rotatable bonds is 39. The molecule has 2 saturated heterocycles. The standard InChI is InChI=1S/C62H105N5O8/c1-9-11-13-15-21-27-33-52-50(31-25-14-12-10-2)35-36-51(32-26-20-16-18-23-29-40-65-56(70)37-38-57(65)71)53(52)34-28-22-17-19-24-30-41-66-59(73)44-55(61(66)75)64(48(4)68)42-39-47(3)45-62(6,7)46-67(49(5)69)54-43-58(72)63(8)60(54)74/h37-38,47,50-55H,9-36,39-46H2,1-8H3. The van der Waals surface area contributed by atoms with Gasteiger partial charge in [-0.15, -0.1) is 0 Å². The van der Waals surface area contributed by atoms with Crippen molar-refractivity contribution in [2.45, 2.75) is 266 Å². The van der Waals surface area contributed by atoms with E-state index in [1.807, 2.05) is 13.8 Å². The zero-order chi connectivity index (χ0) is 54.9. The van der Waals surface area contributed by atoms with Gasteiger partial charge >= 0.3 is 0 Å². The minimum absolute atomic E-state index is 0.0117. The Morgan fingerprint density at radius 3 is 1.44 bits per heavy atom. The summed E-state index contributed by atoms with van der Waals surface area (Å²) >= 11 is 0. The summed E-state index contributed by atoms with van der Waals surface area (Å²) in [5, 5.41) is 0. The molecule has 0 N–H and O–H groups in total. The maximum Gasteiger partial charge on any atom is 0.253 e. The highest BCUT2D eigenvalue weighted by atomic mass is 16.2. The average molecular weight is 1050 g/mol. The fraction of sp³-hybridized carbons (Fsp3) is 0.839. The van der Waals surface area contributed by atoms with E-state index in [0.29, 0.717) is 39.0 Å². The lowest BCUT2D eigenvalue weighted by Crippen LogP contribution is -2.48. The molecule has 3 fully saturated rings. The molecule has 0 aromatic carbocycles. The Balaban J connectivity index is 1.23. The molecule has 13 nitrogen and oxygen atoms in total. The van der Waals surface area contributed by atoms with E-state index in [1.54, 1.807) is 4.90 Å². The molecule has 426 valence electrons. The fourth-order valence-corrected chi connectivity index (χ4v) is 13.6. The van der Waals surface area contributed by atoms with Crippen LogP contribution in [-0.4, -0.2) is 117 Å². The molecule has 8 amide bonds. The van der Waals surface area contributed by atoms with Crippen LogP contribution < -0.4 is 0 Å². The Morgan fingerprint density at radius 2 is 0.973 bits per heavy atom. The van der Waals surface area contributed by atoms with Crippen LogP contribution in [0, 0.1) is 35.0 Å². The first kappa shape index (κ1) is 63.6. The minimum Gasteiger partial charge on any atom is -0.330 e. The molecule has 7 atom stereocenters. The summed E-state index contributed by atoms with van der Waals surface area (Å²) in [4.78, 5) is 108. The van der Waals surface area contributed by atoms with Crippen LogP contribution in [0.4, 0.5) is 0 Å². The van der Waals surface area contributed by atoms with Gasteiger partial charge in [-0.3, -0.25) is 53.1 Å². The van der Waals surface area contributed by atoms with Crippen molar-refractivity contribution in [2.24, 2.45) is 35.0 Å². The summed E-state index contributed by atoms with van der Waals surface area (Å²) < 4.78 is 0. The minimum atomic E-state index is -0.794. The number of carbonyl (C=O) groups excluding carboxylic acids is 8. The Labute approximate surface area is 454 Å². The van der Waals surface area contributed by atoms with E-state index in [4.69, 9.17) is 0 Å². The normalized spacial score (nSPS) is 22.6. The van der Waals surface area contributed by atoms with E-state index < -0.39 is 12.1 Å². The number of imide groups is 3. The number of nitrogens with zero attached hydrogens (tertiary/aromatic N) is 5. The van der Waals surface area contributed by atoms with Gasteiger partial charge in [0.2, 0.25) is 23.6 Å². The van der Waals surface area contributed by atoms with Crippen LogP contribution in [0.3, 0.4) is 0 Å². The summed E-state index contributed by atoms with van der Waals surface area (Å²) in [7, 11) is 1.45. The number of hydrogen-bond acceptors (Lipinski definition) is 8. The summed E-state index contributed by atoms with van der Waals surface area (Å²) in [6, 6.07) is -1.58. The average Bonchev–Trinajstić information content (AvgIpc) is 3.93. The molecule has 3 aliphatic heterocycles. The number of carbonyl (C=O) groups is 8. The van der Waals surface area contributed by atoms with Crippen molar-refractivity contribution in [3.8, 4) is 0 Å². The van der Waals surface area contributed by atoms with E-state index in [9.17, 15) is 38.4 Å². The lowest BCUT2D eigenvalue weighted by atomic mass is 9.61. The first-order valence-corrected chi connectivity index (χ1v) is 30.6. The van der Waals surface area contributed by atoms with Gasteiger partial charge in [-0.2, -0.15) is 0 Å². The van der Waals surface area contributed by atoms with Gasteiger partial charge in [0.25, 0.3) is 23.6 Å². The number of amides is 8. The molecule has 4 rings (SSSR count). The Bertz CT molecular complexity index is 1850. The molecular weight excluding hydrogens is 943 g/mol. The molecule has 75 heavy (non-hydrogen) atoms. The van der Waals surface area contributed by atoms with Crippen LogP contribution in [-0.2, 0) is 38.4 Å². The van der Waals surface area contributed by atoms with Crippen molar-refractivity contribution in [2.75, 3.05) is 33.2 Å². The Morgan fingerprint density at radius 1 is 0.560 bits per heavy atom. The largest absolute Gasteiger partial charge is 0.330 e. The van der Waals surface area contributed by atoms with Crippen LogP contribution in [0.15, 0.2) is 12.2 Å². The van der Waals surface area contributed by atoms with Crippen molar-refractivity contribution >= 4 is 47.3 Å². The van der Waals surface area contributed by atoms with E-state index in [0.717, 1.165) is 73.5 Å². The van der Waals surface area contributed by atoms with Crippen LogP contribution >= 0.6 is 0 Å². The zero-order valence-electron chi connectivity index (χ0n) is 48.7. The zero-order valence-corrected chi connectivity index (χ0v) is 48.7. The van der Waals surface area contributed by atoms with E-state index in [2.05, 4.69) is 20.8 Å². The third-order valence-corrected chi connectivity index (χ3v) is 17.8. The molecule has 7 unspecified atom stereocenters. The Hall–Kier alpha value is -3.90. The monoisotopic (exact) mass is 1050 g/mol. The number of unbranched alkanes of at least 4 members (excludes halogenated alkanes) is 18. The molecule has 0 aromatic rings. The molecule has 13 heteroatoms. The smallest absolute Gasteiger partial charge is 0.253 e. The van der Waals surface area contributed by atoms with Crippen molar-refractivity contribution in [1.29, 1.82) is 0 Å². The Kier molecular flexibility index (Phi) is 28.3. The first-order chi connectivity index (χ1) is 35.9. The van der Waals surface area contributed by atoms with Crippen LogP contribution in [0.25, 0.3) is 0 Å². The van der Waals surface area contributed by atoms with Crippen molar-refractivity contribution in [3.63, 3.8) is 0 Å². The molecule has 0 aromatic heterocycles. The number of likely N-dealkylation sites (N-methyl/N-ethyl adjacent to an activating group) is 1. The topological polar surface area (TPSA) is 153 Å². The van der Waals surface area contributed by atoms with Gasteiger partial charge < -0.3 is 9.80 Å². The second-order valence-electron chi connectivity index (χ2n) is 24.5. The predicted molar refractivity (Wildman–Crippen MR) is 299 cm³/mol. The summed E-state index contributed by atoms with van der Waals surface area (Å²) in [5.41, 5.74) is -0.386. The second-order valence-corrected chi connectivity index (χ2v) is 24.5. The highest BCUT2D eigenvalue weighted by molar-refractivity contribution is 6.13. The van der Waals surface area contributed by atoms with Gasteiger partial charge in [-0.05, 0) is 86.4 Å². The quantitative estimate of drug-likeness (QED) is 0.0436. The molecule has 1 saturated carbocycles. The molecule has 1 aliphatic carbocycles. The van der Waals surface area contributed by atoms with Gasteiger partial charge in [0.05, 0.1) is 12.8 Å². The highest BCUT2D eigenvalue weighted by Gasteiger charge is 2.44. The van der Waals surface area contributed by atoms with Crippen molar-refractivity contribution in [3.05, 3.63) is 12.2 Å². The maximum absolute atomic E-state index is 13.8. The number of hydrogen-bond donors (Lipinski definition) is 0. The van der Waals surface area contributed by atoms with Gasteiger partial charge in [-0.1, -0.05) is 176 Å². The molecule has 4 aliphatic rings. The van der Waals surface area contributed by atoms with Gasteiger partial charge in [0, 0.05) is 59.2 Å². The second kappa shape index (κ2) is 33.4. The molecule has 0 radical (unpaired) electrons. The molecular formula is C62H105N5O8. The van der Waals surface area contributed by atoms with E-state index in [1.165, 1.54) is 183 Å². The lowest BCUT2D eigenvalue weighted by molar-refractivity contribution is -0.144. The highest BCUT2D eigenvalue weighted by Crippen LogP contribution is 2.48. The SMILES string of the molecule is CCCCCCCCC1C(CCCCCC)CCC(CCCCCCCCN2C(=O)C=CC2=O)C1CCCCCCCCN1C(=O)CC(N(CCC(C)CC(C)(C)CN(C(C)=O)C2CC(=O)N(C)C2=O)C(C)=O)C1=O. The third-order valence-electron chi connectivity index (χ3n) is 17.8. The number of likely N-dealkylation sites (tertiary alicyclic amines) is 2. The summed E-state index contributed by atoms with van der Waals surface area (Å²) in [5.74, 6) is 1.50. The lowest BCUT2D eigenvalue weighted by Gasteiger charge is -2.44. The molecule has 3 heterocycles. The van der Waals surface area contributed by atoms with Gasteiger partial charge in [0.15, 0.2) is 0 Å². The van der Waals surface area contributed by atoms with Crippen molar-refractivity contribution < 1.29 is 38.4 Å². The first-order valence-electron chi connectivity index (χ1n) is 30.6. The third kappa shape index (κ3) is 20.8. The summed E-state index contributed by atoms with van der Waals surface area (Å²) in [6.45, 7) is 15.2. The predicted octanol–water partition coefficient (Wildman–Crippen LogP) is 12.4. The maximum atomic E-state index is 13.8. The molecule has 0 spiro atoms. The summed E-state index contributed by atoms with van der Waals surface area (Å²) in [6.07, 6.45) is 39.2. The van der Waals surface area contributed by atoms with E-state index >= 15 is 0 Å². The van der Waals surface area contributed by atoms with Crippen LogP contribution in [0.2, 0.25) is 0 Å². The fourth-order valence-electron chi connectivity index (χ4n) is 13.6. The molecule has 0 bridgehead atoms. The van der Waals surface area contributed by atoms with Gasteiger partial charge in [0.1, 0.15) is 12.1 Å². The van der Waals surface area contributed by atoms with Crippen LogP contribution in [0.5, 0.6) is 0 Å². The van der Waals surface area contributed by atoms with E-state index in [-0.39, 0.29) is 71.4 Å². The van der Waals surface area contributed by atoms with Gasteiger partial charge in [-0.25, -0.2) is 0 Å². The van der Waals surface area contributed by atoms with Crippen LogP contribution in [0.1, 0.15) is 254 Å².